The highest BCUT2D eigenvalue weighted by molar-refractivity contribution is 5.82. The Hall–Kier alpha value is -2.12. The summed E-state index contributed by atoms with van der Waals surface area (Å²) in [6.45, 7) is 2.08. The highest BCUT2D eigenvalue weighted by Gasteiger charge is 2.51. The maximum Gasteiger partial charge on any atom is 0.260 e. The summed E-state index contributed by atoms with van der Waals surface area (Å²) >= 11 is 0. The van der Waals surface area contributed by atoms with E-state index in [1.807, 2.05) is 42.3 Å². The van der Waals surface area contributed by atoms with Crippen LogP contribution in [-0.4, -0.2) is 80.2 Å². The second kappa shape index (κ2) is 6.78. The Balaban J connectivity index is 1.47. The van der Waals surface area contributed by atoms with Crippen molar-refractivity contribution in [3.05, 3.63) is 30.3 Å². The highest BCUT2D eigenvalue weighted by atomic mass is 16.5. The molecule has 2 fully saturated rings. The maximum absolute atomic E-state index is 12.2. The van der Waals surface area contributed by atoms with Gasteiger partial charge in [0, 0.05) is 13.6 Å². The minimum atomic E-state index is -0.359. The van der Waals surface area contributed by atoms with Gasteiger partial charge in [-0.25, -0.2) is 0 Å². The van der Waals surface area contributed by atoms with Gasteiger partial charge >= 0.3 is 0 Å². The molecule has 1 N–H and O–H groups in total. The molecule has 1 spiro atoms. The number of likely N-dealkylation sites (tertiary alicyclic amines) is 1. The zero-order valence-corrected chi connectivity index (χ0v) is 14.0. The van der Waals surface area contributed by atoms with Gasteiger partial charge in [-0.15, -0.1) is 0 Å². The fraction of sp³-hybridized carbons (Fsp3) is 0.529. The fourth-order valence-corrected chi connectivity index (χ4v) is 3.21. The van der Waals surface area contributed by atoms with E-state index in [0.717, 1.165) is 0 Å². The molecule has 0 bridgehead atoms. The first-order valence-corrected chi connectivity index (χ1v) is 8.04. The summed E-state index contributed by atoms with van der Waals surface area (Å²) in [7, 11) is 3.53. The number of nitrogens with one attached hydrogen (secondary N) is 1. The topological polar surface area (TPSA) is 71.1 Å². The third-order valence-corrected chi connectivity index (χ3v) is 4.58. The third kappa shape index (κ3) is 3.37. The molecule has 3 rings (SSSR count). The van der Waals surface area contributed by atoms with Gasteiger partial charge in [0.1, 0.15) is 17.4 Å². The number of hydrogen-bond acceptors (Lipinski definition) is 5. The molecule has 2 saturated heterocycles. The Morgan fingerprint density at radius 2 is 2.00 bits per heavy atom. The van der Waals surface area contributed by atoms with Crippen molar-refractivity contribution in [3.63, 3.8) is 0 Å². The van der Waals surface area contributed by atoms with Crippen molar-refractivity contribution in [3.8, 4) is 5.75 Å². The van der Waals surface area contributed by atoms with Crippen LogP contribution in [0.3, 0.4) is 0 Å². The van der Waals surface area contributed by atoms with Crippen LogP contribution in [0.15, 0.2) is 30.3 Å². The van der Waals surface area contributed by atoms with Gasteiger partial charge in [0.25, 0.3) is 5.91 Å². The summed E-state index contributed by atoms with van der Waals surface area (Å²) in [6.07, 6.45) is 0. The number of carbonyl (C=O) groups excluding carboxylic acids is 2. The molecule has 2 aliphatic rings. The normalized spacial score (nSPS) is 22.8. The van der Waals surface area contributed by atoms with Gasteiger partial charge in [-0.3, -0.25) is 14.5 Å². The molecule has 130 valence electrons. The summed E-state index contributed by atoms with van der Waals surface area (Å²) in [6, 6.07) is 9.01. The average Bonchev–Trinajstić information content (AvgIpc) is 2.57. The number of para-hydroxylation sites is 1. The van der Waals surface area contributed by atoms with Crippen LogP contribution in [0, 0.1) is 0 Å². The molecule has 7 nitrogen and oxygen atoms in total. The van der Waals surface area contributed by atoms with Crippen LogP contribution >= 0.6 is 0 Å². The molecule has 2 aliphatic heterocycles. The summed E-state index contributed by atoms with van der Waals surface area (Å²) < 4.78 is 11.4. The van der Waals surface area contributed by atoms with Crippen LogP contribution < -0.4 is 10.1 Å². The number of ether oxygens (including phenoxy) is 2. The molecule has 1 aromatic rings. The SMILES string of the molecule is CNC(=O)[C@H]1COC2(CN(C(=O)COc3ccccc3)C2)CN1C. The molecule has 0 saturated carbocycles. The molecule has 1 aromatic carbocycles. The number of benzene rings is 1. The Bertz CT molecular complexity index is 601. The Kier molecular flexibility index (Phi) is 4.73. The van der Waals surface area contributed by atoms with Crippen molar-refractivity contribution in [1.29, 1.82) is 0 Å². The van der Waals surface area contributed by atoms with Gasteiger partial charge in [-0.1, -0.05) is 18.2 Å². The monoisotopic (exact) mass is 333 g/mol. The van der Waals surface area contributed by atoms with Gasteiger partial charge < -0.3 is 19.7 Å². The summed E-state index contributed by atoms with van der Waals surface area (Å²) in [5, 5.41) is 2.65. The van der Waals surface area contributed by atoms with E-state index in [1.165, 1.54) is 0 Å². The van der Waals surface area contributed by atoms with Crippen LogP contribution in [-0.2, 0) is 14.3 Å². The van der Waals surface area contributed by atoms with E-state index in [1.54, 1.807) is 11.9 Å². The van der Waals surface area contributed by atoms with E-state index in [2.05, 4.69) is 5.32 Å². The first-order valence-electron chi connectivity index (χ1n) is 8.04. The van der Waals surface area contributed by atoms with Gasteiger partial charge in [0.15, 0.2) is 6.61 Å². The largest absolute Gasteiger partial charge is 0.484 e. The number of rotatable bonds is 4. The molecular weight excluding hydrogens is 310 g/mol. The van der Waals surface area contributed by atoms with Crippen LogP contribution in [0.1, 0.15) is 0 Å². The number of nitrogens with zero attached hydrogens (tertiary/aromatic N) is 2. The molecule has 0 aromatic heterocycles. The standard InChI is InChI=1S/C17H23N3O4/c1-18-16(22)14-8-24-17(10-19(14)2)11-20(12-17)15(21)9-23-13-6-4-3-5-7-13/h3-7,14H,8-12H2,1-2H3,(H,18,22)/t14-/m1/s1. The molecule has 2 heterocycles. The van der Waals surface area contributed by atoms with Crippen LogP contribution in [0.4, 0.5) is 0 Å². The Morgan fingerprint density at radius 1 is 1.29 bits per heavy atom. The predicted molar refractivity (Wildman–Crippen MR) is 87.7 cm³/mol. The maximum atomic E-state index is 12.2. The Morgan fingerprint density at radius 3 is 2.62 bits per heavy atom. The van der Waals surface area contributed by atoms with E-state index >= 15 is 0 Å². The van der Waals surface area contributed by atoms with Gasteiger partial charge in [0.05, 0.1) is 19.7 Å². The number of likely N-dealkylation sites (N-methyl/N-ethyl adjacent to an activating group) is 2. The first-order chi connectivity index (χ1) is 11.5. The van der Waals surface area contributed by atoms with Crippen molar-refractivity contribution in [2.45, 2.75) is 11.6 Å². The first kappa shape index (κ1) is 16.7. The van der Waals surface area contributed by atoms with Gasteiger partial charge in [0.2, 0.25) is 5.91 Å². The van der Waals surface area contributed by atoms with Crippen molar-refractivity contribution in [2.24, 2.45) is 0 Å². The molecule has 2 amide bonds. The molecule has 0 radical (unpaired) electrons. The molecule has 1 atom stereocenters. The summed E-state index contributed by atoms with van der Waals surface area (Å²) in [5.74, 6) is 0.586. The molecule has 0 aliphatic carbocycles. The molecule has 24 heavy (non-hydrogen) atoms. The average molecular weight is 333 g/mol. The van der Waals surface area contributed by atoms with Crippen molar-refractivity contribution < 1.29 is 19.1 Å². The smallest absolute Gasteiger partial charge is 0.260 e. The second-order valence-corrected chi connectivity index (χ2v) is 6.39. The highest BCUT2D eigenvalue weighted by Crippen LogP contribution is 2.30. The van der Waals surface area contributed by atoms with E-state index in [-0.39, 0.29) is 30.1 Å². The Labute approximate surface area is 141 Å². The number of amides is 2. The fourth-order valence-electron chi connectivity index (χ4n) is 3.21. The number of hydrogen-bond donors (Lipinski definition) is 1. The predicted octanol–water partition coefficient (Wildman–Crippen LogP) is -0.277. The van der Waals surface area contributed by atoms with Crippen LogP contribution in [0.2, 0.25) is 0 Å². The van der Waals surface area contributed by atoms with Crippen molar-refractivity contribution in [1.82, 2.24) is 15.1 Å². The number of carbonyl (C=O) groups is 2. The minimum absolute atomic E-state index is 0.0246. The van der Waals surface area contributed by atoms with E-state index in [4.69, 9.17) is 9.47 Å². The number of morpholine rings is 1. The second-order valence-electron chi connectivity index (χ2n) is 6.39. The van der Waals surface area contributed by atoms with E-state index in [9.17, 15) is 9.59 Å². The zero-order chi connectivity index (χ0) is 17.2. The molecular formula is C17H23N3O4. The lowest BCUT2D eigenvalue weighted by Crippen LogP contribution is -2.73. The van der Waals surface area contributed by atoms with Crippen LogP contribution in [0.25, 0.3) is 0 Å². The molecule has 7 heteroatoms. The van der Waals surface area contributed by atoms with Crippen molar-refractivity contribution >= 4 is 11.8 Å². The van der Waals surface area contributed by atoms with Crippen molar-refractivity contribution in [2.75, 3.05) is 46.9 Å². The zero-order valence-electron chi connectivity index (χ0n) is 14.0. The van der Waals surface area contributed by atoms with Gasteiger partial charge in [-0.05, 0) is 19.2 Å². The van der Waals surface area contributed by atoms with E-state index in [0.29, 0.717) is 32.0 Å². The lowest BCUT2D eigenvalue weighted by Gasteiger charge is -2.54. The lowest BCUT2D eigenvalue weighted by atomic mass is 9.90. The third-order valence-electron chi connectivity index (χ3n) is 4.58. The van der Waals surface area contributed by atoms with E-state index < -0.39 is 0 Å². The van der Waals surface area contributed by atoms with Gasteiger partial charge in [-0.2, -0.15) is 0 Å². The summed E-state index contributed by atoms with van der Waals surface area (Å²) in [5.41, 5.74) is -0.359. The lowest BCUT2D eigenvalue weighted by molar-refractivity contribution is -0.201. The summed E-state index contributed by atoms with van der Waals surface area (Å²) in [4.78, 5) is 27.7. The molecule has 0 unspecified atom stereocenters. The van der Waals surface area contributed by atoms with Crippen LogP contribution in [0.5, 0.6) is 5.75 Å². The quantitative estimate of drug-likeness (QED) is 0.821. The minimum Gasteiger partial charge on any atom is -0.484 e.